The van der Waals surface area contributed by atoms with Gasteiger partial charge in [-0.25, -0.2) is 0 Å². The van der Waals surface area contributed by atoms with Gasteiger partial charge in [0.05, 0.1) is 5.71 Å². The highest BCUT2D eigenvalue weighted by Gasteiger charge is 1.96. The van der Waals surface area contributed by atoms with Crippen LogP contribution in [-0.4, -0.2) is 17.4 Å². The quantitative estimate of drug-likeness (QED) is 0.358. The first-order valence-electron chi connectivity index (χ1n) is 6.37. The van der Waals surface area contributed by atoms with Gasteiger partial charge < -0.3 is 5.32 Å². The maximum absolute atomic E-state index is 5.14. The molecule has 0 saturated carbocycles. The molecule has 0 aliphatic rings. The average Bonchev–Trinajstić information content (AvgIpc) is 2.42. The summed E-state index contributed by atoms with van der Waals surface area (Å²) in [5.41, 5.74) is 4.89. The maximum atomic E-state index is 5.14. The molecule has 0 heterocycles. The van der Waals surface area contributed by atoms with Gasteiger partial charge in [0, 0.05) is 6.54 Å². The molecule has 0 fully saturated rings. The summed E-state index contributed by atoms with van der Waals surface area (Å²) in [6.45, 7) is 5.05. The number of thiocarbonyl (C=S) groups is 1. The summed E-state index contributed by atoms with van der Waals surface area (Å²) in [5.74, 6) is 0. The number of benzene rings is 1. The van der Waals surface area contributed by atoms with Gasteiger partial charge in [-0.3, -0.25) is 5.43 Å². The molecule has 0 aromatic heterocycles. The van der Waals surface area contributed by atoms with Crippen LogP contribution in [0.15, 0.2) is 35.4 Å². The molecular formula is C14H21N3S. The standard InChI is InChI=1S/C14H21N3S/c1-3-4-8-11-15-14(18)17-16-12(2)13-9-6-5-7-10-13/h5-7,9-10H,3-4,8,11H2,1-2H3,(H2,15,17,18)/b16-12-. The molecule has 1 aromatic carbocycles. The Kier molecular flexibility index (Phi) is 7.03. The van der Waals surface area contributed by atoms with Crippen LogP contribution in [0, 0.1) is 0 Å². The van der Waals surface area contributed by atoms with E-state index in [1.54, 1.807) is 0 Å². The molecule has 0 amide bonds. The van der Waals surface area contributed by atoms with Crippen LogP contribution in [0.4, 0.5) is 0 Å². The van der Waals surface area contributed by atoms with Gasteiger partial charge in [0.15, 0.2) is 5.11 Å². The molecule has 0 bridgehead atoms. The number of nitrogens with one attached hydrogen (secondary N) is 2. The lowest BCUT2D eigenvalue weighted by Crippen LogP contribution is -2.33. The number of hydrogen-bond donors (Lipinski definition) is 2. The van der Waals surface area contributed by atoms with E-state index in [-0.39, 0.29) is 0 Å². The van der Waals surface area contributed by atoms with Crippen LogP contribution in [-0.2, 0) is 0 Å². The normalized spacial score (nSPS) is 11.1. The highest BCUT2D eigenvalue weighted by atomic mass is 32.1. The van der Waals surface area contributed by atoms with Crippen LogP contribution in [0.25, 0.3) is 0 Å². The molecule has 0 spiro atoms. The Balaban J connectivity index is 2.32. The fourth-order valence-electron chi connectivity index (χ4n) is 1.49. The summed E-state index contributed by atoms with van der Waals surface area (Å²) in [6.07, 6.45) is 3.58. The van der Waals surface area contributed by atoms with E-state index in [9.17, 15) is 0 Å². The summed E-state index contributed by atoms with van der Waals surface area (Å²) >= 11 is 5.14. The van der Waals surface area contributed by atoms with E-state index in [0.717, 1.165) is 24.2 Å². The van der Waals surface area contributed by atoms with Crippen LogP contribution in [0.3, 0.4) is 0 Å². The molecule has 18 heavy (non-hydrogen) atoms. The van der Waals surface area contributed by atoms with E-state index in [1.165, 1.54) is 12.8 Å². The van der Waals surface area contributed by atoms with E-state index in [2.05, 4.69) is 22.8 Å². The Morgan fingerprint density at radius 3 is 2.61 bits per heavy atom. The lowest BCUT2D eigenvalue weighted by Gasteiger charge is -2.07. The van der Waals surface area contributed by atoms with E-state index in [0.29, 0.717) is 5.11 Å². The highest BCUT2D eigenvalue weighted by Crippen LogP contribution is 1.99. The van der Waals surface area contributed by atoms with Crippen molar-refractivity contribution in [3.05, 3.63) is 35.9 Å². The van der Waals surface area contributed by atoms with Crippen molar-refractivity contribution in [2.24, 2.45) is 5.10 Å². The third kappa shape index (κ3) is 5.77. The second-order valence-corrected chi connectivity index (χ2v) is 4.55. The van der Waals surface area contributed by atoms with Gasteiger partial charge in [0.1, 0.15) is 0 Å². The Morgan fingerprint density at radius 1 is 1.22 bits per heavy atom. The molecule has 4 heteroatoms. The first kappa shape index (κ1) is 14.6. The first-order valence-corrected chi connectivity index (χ1v) is 6.78. The molecule has 3 nitrogen and oxygen atoms in total. The largest absolute Gasteiger partial charge is 0.361 e. The zero-order valence-electron chi connectivity index (χ0n) is 11.1. The summed E-state index contributed by atoms with van der Waals surface area (Å²) in [6, 6.07) is 10.0. The smallest absolute Gasteiger partial charge is 0.186 e. The third-order valence-electron chi connectivity index (χ3n) is 2.58. The third-order valence-corrected chi connectivity index (χ3v) is 2.82. The number of hydrogen-bond acceptors (Lipinski definition) is 2. The van der Waals surface area contributed by atoms with Crippen LogP contribution in [0.1, 0.15) is 38.7 Å². The van der Waals surface area contributed by atoms with Crippen LogP contribution >= 0.6 is 12.2 Å². The molecule has 2 N–H and O–H groups in total. The molecule has 1 aromatic rings. The van der Waals surface area contributed by atoms with Crippen LogP contribution in [0.5, 0.6) is 0 Å². The van der Waals surface area contributed by atoms with Crippen LogP contribution in [0.2, 0.25) is 0 Å². The van der Waals surface area contributed by atoms with E-state index < -0.39 is 0 Å². The van der Waals surface area contributed by atoms with Gasteiger partial charge in [-0.15, -0.1) is 0 Å². The predicted octanol–water partition coefficient (Wildman–Crippen LogP) is 3.06. The minimum absolute atomic E-state index is 0.585. The summed E-state index contributed by atoms with van der Waals surface area (Å²) in [4.78, 5) is 0. The minimum atomic E-state index is 0.585. The molecule has 98 valence electrons. The summed E-state index contributed by atoms with van der Waals surface area (Å²) in [5, 5.41) is 7.98. The van der Waals surface area contributed by atoms with Crippen molar-refractivity contribution in [3.63, 3.8) is 0 Å². The Bertz CT molecular complexity index is 387. The molecule has 0 unspecified atom stereocenters. The van der Waals surface area contributed by atoms with Gasteiger partial charge in [0.2, 0.25) is 0 Å². The number of unbranched alkanes of at least 4 members (excludes halogenated alkanes) is 2. The number of nitrogens with zero attached hydrogens (tertiary/aromatic N) is 1. The van der Waals surface area contributed by atoms with Crippen molar-refractivity contribution in [2.45, 2.75) is 33.1 Å². The summed E-state index contributed by atoms with van der Waals surface area (Å²) < 4.78 is 0. The molecule has 1 rings (SSSR count). The lowest BCUT2D eigenvalue weighted by atomic mass is 10.1. The van der Waals surface area contributed by atoms with Gasteiger partial charge in [-0.2, -0.15) is 5.10 Å². The zero-order chi connectivity index (χ0) is 13.2. The Labute approximate surface area is 115 Å². The van der Waals surface area contributed by atoms with Crippen LogP contribution < -0.4 is 10.7 Å². The highest BCUT2D eigenvalue weighted by molar-refractivity contribution is 7.80. The van der Waals surface area contributed by atoms with Crippen molar-refractivity contribution >= 4 is 23.0 Å². The molecule has 0 aliphatic carbocycles. The van der Waals surface area contributed by atoms with Crippen molar-refractivity contribution in [3.8, 4) is 0 Å². The average molecular weight is 263 g/mol. The summed E-state index contributed by atoms with van der Waals surface area (Å²) in [7, 11) is 0. The predicted molar refractivity (Wildman–Crippen MR) is 81.9 cm³/mol. The first-order chi connectivity index (χ1) is 8.74. The molecule has 0 aliphatic heterocycles. The monoisotopic (exact) mass is 263 g/mol. The van der Waals surface area contributed by atoms with Crippen molar-refractivity contribution < 1.29 is 0 Å². The van der Waals surface area contributed by atoms with E-state index in [4.69, 9.17) is 12.2 Å². The van der Waals surface area contributed by atoms with E-state index in [1.807, 2.05) is 37.3 Å². The van der Waals surface area contributed by atoms with Crippen molar-refractivity contribution in [2.75, 3.05) is 6.54 Å². The zero-order valence-corrected chi connectivity index (χ0v) is 11.9. The number of rotatable bonds is 6. The minimum Gasteiger partial charge on any atom is -0.361 e. The van der Waals surface area contributed by atoms with Gasteiger partial charge in [0.25, 0.3) is 0 Å². The molecule has 0 saturated heterocycles. The topological polar surface area (TPSA) is 36.4 Å². The Morgan fingerprint density at radius 2 is 1.94 bits per heavy atom. The molecular weight excluding hydrogens is 242 g/mol. The number of hydrazone groups is 1. The maximum Gasteiger partial charge on any atom is 0.186 e. The Hall–Kier alpha value is -1.42. The van der Waals surface area contributed by atoms with Crippen molar-refractivity contribution in [1.82, 2.24) is 10.7 Å². The lowest BCUT2D eigenvalue weighted by molar-refractivity contribution is 0.691. The molecule has 0 atom stereocenters. The fraction of sp³-hybridized carbons (Fsp3) is 0.429. The van der Waals surface area contributed by atoms with E-state index >= 15 is 0 Å². The van der Waals surface area contributed by atoms with Gasteiger partial charge >= 0.3 is 0 Å². The van der Waals surface area contributed by atoms with Gasteiger partial charge in [-0.1, -0.05) is 50.1 Å². The second-order valence-electron chi connectivity index (χ2n) is 4.14. The molecule has 0 radical (unpaired) electrons. The fourth-order valence-corrected chi connectivity index (χ4v) is 1.64. The SMILES string of the molecule is CCCCCNC(=S)N/N=C(/C)c1ccccc1. The van der Waals surface area contributed by atoms with Gasteiger partial charge in [-0.05, 0) is 31.1 Å². The van der Waals surface area contributed by atoms with Crippen molar-refractivity contribution in [1.29, 1.82) is 0 Å². The second kappa shape index (κ2) is 8.64.